The third kappa shape index (κ3) is 6.07. The van der Waals surface area contributed by atoms with Crippen molar-refractivity contribution in [2.24, 2.45) is 0 Å². The van der Waals surface area contributed by atoms with E-state index in [-0.39, 0.29) is 10.8 Å². The fourth-order valence-corrected chi connectivity index (χ4v) is 10.3. The van der Waals surface area contributed by atoms with E-state index in [4.69, 9.17) is 15.0 Å². The van der Waals surface area contributed by atoms with Crippen LogP contribution in [0.3, 0.4) is 0 Å². The van der Waals surface area contributed by atoms with E-state index in [0.29, 0.717) is 17.5 Å². The zero-order chi connectivity index (χ0) is 42.5. The fraction of sp³-hybridized carbons (Fsp3) is 0.136. The first-order valence-electron chi connectivity index (χ1n) is 22.1. The minimum atomic E-state index is 0.100. The minimum absolute atomic E-state index is 0.100. The maximum atomic E-state index is 5.33. The van der Waals surface area contributed by atoms with Gasteiger partial charge in [0, 0.05) is 33.2 Å². The van der Waals surface area contributed by atoms with Gasteiger partial charge in [0.25, 0.3) is 0 Å². The molecule has 0 radical (unpaired) electrons. The van der Waals surface area contributed by atoms with Gasteiger partial charge in [-0.05, 0) is 121 Å². The summed E-state index contributed by atoms with van der Waals surface area (Å²) >= 11 is 0. The van der Waals surface area contributed by atoms with Crippen molar-refractivity contribution in [3.8, 4) is 51.0 Å². The van der Waals surface area contributed by atoms with Gasteiger partial charge in [-0.3, -0.25) is 0 Å². The highest BCUT2D eigenvalue weighted by Crippen LogP contribution is 2.49. The molecule has 0 saturated heterocycles. The summed E-state index contributed by atoms with van der Waals surface area (Å²) in [5.41, 5.74) is 12.0. The summed E-state index contributed by atoms with van der Waals surface area (Å²) in [6, 6.07) is 65.7. The Bertz CT molecular complexity index is 3630. The highest BCUT2D eigenvalue weighted by atomic mass is 15.0. The Kier molecular flexibility index (Phi) is 8.33. The van der Waals surface area contributed by atoms with Gasteiger partial charge in [-0.15, -0.1) is 0 Å². The van der Waals surface area contributed by atoms with Crippen LogP contribution in [0.25, 0.3) is 105 Å². The van der Waals surface area contributed by atoms with Crippen molar-refractivity contribution in [1.82, 2.24) is 19.5 Å². The van der Waals surface area contributed by atoms with Crippen LogP contribution in [-0.4, -0.2) is 19.5 Å². The molecule has 0 amide bonds. The predicted octanol–water partition coefficient (Wildman–Crippen LogP) is 15.4. The van der Waals surface area contributed by atoms with Crippen molar-refractivity contribution in [2.75, 3.05) is 0 Å². The lowest BCUT2D eigenvalue weighted by Gasteiger charge is -2.42. The molecule has 0 saturated carbocycles. The standard InChI is InChI=1S/C59H46N4/c1-58(2)31-32-59(3,4)52-36-54-50(35-51(52)58)47-22-12-13-24-53(47)63(54)42-28-27-37-25-26-40(33-41(37)34-42)55-60-56(48-23-14-18-39-17-8-9-19-43(39)48)62-57(61-55)49-30-29-44(38-15-6-5-7-16-38)45-20-10-11-21-46(45)49/h5-30,33-36H,31-32H2,1-4H3. The average Bonchev–Trinajstić information content (AvgIpc) is 3.65. The van der Waals surface area contributed by atoms with Crippen LogP contribution in [0.1, 0.15) is 51.7 Å². The number of rotatable bonds is 5. The van der Waals surface area contributed by atoms with Gasteiger partial charge >= 0.3 is 0 Å². The van der Waals surface area contributed by atoms with Gasteiger partial charge in [0.15, 0.2) is 17.5 Å². The lowest BCUT2D eigenvalue weighted by molar-refractivity contribution is 0.332. The Morgan fingerprint density at radius 2 is 0.952 bits per heavy atom. The minimum Gasteiger partial charge on any atom is -0.309 e. The van der Waals surface area contributed by atoms with E-state index >= 15 is 0 Å². The van der Waals surface area contributed by atoms with E-state index in [1.807, 2.05) is 0 Å². The Morgan fingerprint density at radius 1 is 0.365 bits per heavy atom. The van der Waals surface area contributed by atoms with Gasteiger partial charge in [0.2, 0.25) is 0 Å². The molecule has 0 N–H and O–H groups in total. The lowest BCUT2D eigenvalue weighted by Crippen LogP contribution is -2.33. The molecule has 9 aromatic carbocycles. The molecule has 2 aromatic heterocycles. The molecule has 0 bridgehead atoms. The molecule has 0 atom stereocenters. The molecule has 4 heteroatoms. The molecule has 12 rings (SSSR count). The quantitative estimate of drug-likeness (QED) is 0.174. The smallest absolute Gasteiger partial charge is 0.164 e. The highest BCUT2D eigenvalue weighted by molar-refractivity contribution is 6.10. The molecule has 1 aliphatic carbocycles. The molecule has 0 fully saturated rings. The third-order valence-corrected chi connectivity index (χ3v) is 13.9. The summed E-state index contributed by atoms with van der Waals surface area (Å²) < 4.78 is 2.47. The summed E-state index contributed by atoms with van der Waals surface area (Å²) in [4.78, 5) is 15.9. The van der Waals surface area contributed by atoms with Crippen LogP contribution in [0, 0.1) is 0 Å². The van der Waals surface area contributed by atoms with Crippen molar-refractivity contribution in [3.63, 3.8) is 0 Å². The number of nitrogens with zero attached hydrogens (tertiary/aromatic N) is 4. The second kappa shape index (κ2) is 14.1. The summed E-state index contributed by atoms with van der Waals surface area (Å²) in [7, 11) is 0. The largest absolute Gasteiger partial charge is 0.309 e. The first-order valence-corrected chi connectivity index (χ1v) is 22.1. The normalized spacial score (nSPS) is 14.5. The predicted molar refractivity (Wildman–Crippen MR) is 264 cm³/mol. The number of hydrogen-bond acceptors (Lipinski definition) is 3. The first-order chi connectivity index (χ1) is 30.7. The second-order valence-corrected chi connectivity index (χ2v) is 18.7. The average molecular weight is 811 g/mol. The van der Waals surface area contributed by atoms with Crippen molar-refractivity contribution in [2.45, 2.75) is 51.4 Å². The van der Waals surface area contributed by atoms with Gasteiger partial charge < -0.3 is 4.57 Å². The molecule has 4 nitrogen and oxygen atoms in total. The fourth-order valence-electron chi connectivity index (χ4n) is 10.3. The number of fused-ring (bicyclic) bond motifs is 7. The van der Waals surface area contributed by atoms with Gasteiger partial charge in [-0.1, -0.05) is 167 Å². The maximum absolute atomic E-state index is 5.33. The van der Waals surface area contributed by atoms with Crippen LogP contribution in [-0.2, 0) is 10.8 Å². The monoisotopic (exact) mass is 810 g/mol. The van der Waals surface area contributed by atoms with E-state index in [1.165, 1.54) is 56.9 Å². The molecule has 1 aliphatic rings. The zero-order valence-corrected chi connectivity index (χ0v) is 36.0. The van der Waals surface area contributed by atoms with E-state index in [0.717, 1.165) is 54.7 Å². The Balaban J connectivity index is 1.06. The van der Waals surface area contributed by atoms with E-state index in [1.54, 1.807) is 0 Å². The van der Waals surface area contributed by atoms with Crippen molar-refractivity contribution >= 4 is 54.1 Å². The molecule has 0 spiro atoms. The summed E-state index contributed by atoms with van der Waals surface area (Å²) in [5.74, 6) is 1.93. The van der Waals surface area contributed by atoms with Gasteiger partial charge in [0.05, 0.1) is 11.0 Å². The maximum Gasteiger partial charge on any atom is 0.164 e. The Hall–Kier alpha value is -7.43. The molecule has 63 heavy (non-hydrogen) atoms. The molecular formula is C59H46N4. The molecule has 302 valence electrons. The number of para-hydroxylation sites is 1. The molecule has 0 aliphatic heterocycles. The lowest BCUT2D eigenvalue weighted by atomic mass is 9.63. The Morgan fingerprint density at radius 3 is 1.73 bits per heavy atom. The molecule has 11 aromatic rings. The third-order valence-electron chi connectivity index (χ3n) is 13.9. The molecule has 0 unspecified atom stereocenters. The zero-order valence-electron chi connectivity index (χ0n) is 36.0. The van der Waals surface area contributed by atoms with Gasteiger partial charge in [-0.2, -0.15) is 0 Å². The van der Waals surface area contributed by atoms with E-state index in [2.05, 4.69) is 214 Å². The van der Waals surface area contributed by atoms with Crippen molar-refractivity contribution < 1.29 is 0 Å². The van der Waals surface area contributed by atoms with Crippen molar-refractivity contribution in [1.29, 1.82) is 0 Å². The van der Waals surface area contributed by atoms with Crippen molar-refractivity contribution in [3.05, 3.63) is 193 Å². The summed E-state index contributed by atoms with van der Waals surface area (Å²) in [6.07, 6.45) is 2.36. The molecular weight excluding hydrogens is 765 g/mol. The van der Waals surface area contributed by atoms with Gasteiger partial charge in [-0.25, -0.2) is 15.0 Å². The van der Waals surface area contributed by atoms with Crippen LogP contribution in [0.2, 0.25) is 0 Å². The van der Waals surface area contributed by atoms with E-state index in [9.17, 15) is 0 Å². The van der Waals surface area contributed by atoms with Crippen LogP contribution < -0.4 is 0 Å². The van der Waals surface area contributed by atoms with E-state index < -0.39 is 0 Å². The van der Waals surface area contributed by atoms with Gasteiger partial charge in [0.1, 0.15) is 0 Å². The summed E-state index contributed by atoms with van der Waals surface area (Å²) in [5, 5.41) is 9.39. The van der Waals surface area contributed by atoms with Crippen LogP contribution in [0.4, 0.5) is 0 Å². The van der Waals surface area contributed by atoms with Crippen LogP contribution in [0.5, 0.6) is 0 Å². The molecule has 2 heterocycles. The Labute approximate surface area is 367 Å². The number of aromatic nitrogens is 4. The summed E-state index contributed by atoms with van der Waals surface area (Å²) in [6.45, 7) is 9.66. The topological polar surface area (TPSA) is 43.6 Å². The number of benzene rings is 9. The van der Waals surface area contributed by atoms with Crippen LogP contribution >= 0.6 is 0 Å². The number of hydrogen-bond donors (Lipinski definition) is 0. The van der Waals surface area contributed by atoms with Crippen LogP contribution in [0.15, 0.2) is 182 Å². The highest BCUT2D eigenvalue weighted by Gasteiger charge is 2.38. The SMILES string of the molecule is CC1(C)CCC(C)(C)c2cc3c(cc21)c1ccccc1n3-c1ccc2ccc(-c3nc(-c4cccc5ccccc45)nc(-c4ccc(-c5ccccc5)c5ccccc45)n3)cc2c1. The first kappa shape index (κ1) is 37.3. The second-order valence-electron chi connectivity index (χ2n) is 18.7.